The number of hydrogen-bond acceptors (Lipinski definition) is 3. The van der Waals surface area contributed by atoms with E-state index in [1.807, 2.05) is 24.5 Å². The molecular weight excluding hydrogens is 314 g/mol. The third-order valence-electron chi connectivity index (χ3n) is 3.61. The molecule has 0 unspecified atom stereocenters. The van der Waals surface area contributed by atoms with Gasteiger partial charge in [-0.3, -0.25) is 4.98 Å². The summed E-state index contributed by atoms with van der Waals surface area (Å²) < 4.78 is 0.852. The first-order valence-electron chi connectivity index (χ1n) is 6.69. The molecule has 3 nitrogen and oxygen atoms in total. The summed E-state index contributed by atoms with van der Waals surface area (Å²) in [5, 5.41) is 2.31. The van der Waals surface area contributed by atoms with Crippen LogP contribution in [-0.2, 0) is 0 Å². The quantitative estimate of drug-likeness (QED) is 0.658. The maximum absolute atomic E-state index is 4.75. The second kappa shape index (κ2) is 4.63. The van der Waals surface area contributed by atoms with Crippen LogP contribution in [0.3, 0.4) is 0 Å². The van der Waals surface area contributed by atoms with Gasteiger partial charge in [-0.1, -0.05) is 18.2 Å². The van der Waals surface area contributed by atoms with Crippen LogP contribution in [0, 0.1) is 0 Å². The van der Waals surface area contributed by atoms with Crippen molar-refractivity contribution >= 4 is 26.7 Å². The number of aromatic nitrogens is 3. The molecule has 0 saturated heterocycles. The van der Waals surface area contributed by atoms with E-state index >= 15 is 0 Å². The number of hydrogen-bond donors (Lipinski definition) is 0. The summed E-state index contributed by atoms with van der Waals surface area (Å²) in [4.78, 5) is 13.5. The Morgan fingerprint density at radius 3 is 2.85 bits per heavy atom. The van der Waals surface area contributed by atoms with Gasteiger partial charge in [-0.25, -0.2) is 9.97 Å². The van der Waals surface area contributed by atoms with Crippen LogP contribution < -0.4 is 0 Å². The molecule has 98 valence electrons. The van der Waals surface area contributed by atoms with E-state index in [1.54, 1.807) is 0 Å². The molecule has 2 aromatic heterocycles. The van der Waals surface area contributed by atoms with E-state index in [-0.39, 0.29) is 0 Å². The van der Waals surface area contributed by atoms with Crippen LogP contribution in [0.5, 0.6) is 0 Å². The van der Waals surface area contributed by atoms with Gasteiger partial charge in [0.1, 0.15) is 10.4 Å². The lowest BCUT2D eigenvalue weighted by molar-refractivity contribution is 0.920. The molecule has 0 N–H and O–H groups in total. The van der Waals surface area contributed by atoms with Crippen molar-refractivity contribution in [1.29, 1.82) is 0 Å². The lowest BCUT2D eigenvalue weighted by Crippen LogP contribution is -1.96. The number of pyridine rings is 1. The van der Waals surface area contributed by atoms with Gasteiger partial charge in [0, 0.05) is 29.3 Å². The molecule has 0 radical (unpaired) electrons. The molecule has 3 aromatic rings. The van der Waals surface area contributed by atoms with E-state index in [2.05, 4.69) is 44.1 Å². The first-order valence-corrected chi connectivity index (χ1v) is 7.48. The van der Waals surface area contributed by atoms with Crippen LogP contribution in [0.4, 0.5) is 0 Å². The zero-order valence-corrected chi connectivity index (χ0v) is 12.3. The van der Waals surface area contributed by atoms with Crippen molar-refractivity contribution in [3.63, 3.8) is 0 Å². The van der Waals surface area contributed by atoms with Crippen molar-refractivity contribution in [3.8, 4) is 11.3 Å². The highest BCUT2D eigenvalue weighted by atomic mass is 79.9. The Morgan fingerprint density at radius 2 is 2.00 bits per heavy atom. The molecule has 1 aliphatic carbocycles. The zero-order valence-electron chi connectivity index (χ0n) is 10.8. The second-order valence-corrected chi connectivity index (χ2v) is 5.92. The van der Waals surface area contributed by atoms with Crippen molar-refractivity contribution < 1.29 is 0 Å². The van der Waals surface area contributed by atoms with Crippen LogP contribution in [0.1, 0.15) is 24.6 Å². The number of benzene rings is 1. The van der Waals surface area contributed by atoms with Gasteiger partial charge >= 0.3 is 0 Å². The Bertz CT molecular complexity index is 791. The number of rotatable bonds is 2. The Hall–Kier alpha value is -1.81. The Balaban J connectivity index is 1.94. The van der Waals surface area contributed by atoms with Gasteiger partial charge in [0.25, 0.3) is 0 Å². The van der Waals surface area contributed by atoms with Gasteiger partial charge in [0.15, 0.2) is 0 Å². The molecule has 0 atom stereocenters. The van der Waals surface area contributed by atoms with E-state index in [0.717, 1.165) is 27.1 Å². The summed E-state index contributed by atoms with van der Waals surface area (Å²) >= 11 is 3.50. The minimum atomic E-state index is 0.541. The van der Waals surface area contributed by atoms with Gasteiger partial charge in [-0.05, 0) is 46.3 Å². The van der Waals surface area contributed by atoms with Crippen LogP contribution in [0.2, 0.25) is 0 Å². The van der Waals surface area contributed by atoms with Crippen molar-refractivity contribution in [2.75, 3.05) is 0 Å². The largest absolute Gasteiger partial charge is 0.264 e. The Kier molecular flexibility index (Phi) is 2.77. The van der Waals surface area contributed by atoms with Gasteiger partial charge in [-0.15, -0.1) is 0 Å². The average Bonchev–Trinajstić information content (AvgIpc) is 3.30. The van der Waals surface area contributed by atoms with Crippen LogP contribution in [0.25, 0.3) is 22.0 Å². The average molecular weight is 326 g/mol. The molecule has 0 bridgehead atoms. The van der Waals surface area contributed by atoms with Gasteiger partial charge in [-0.2, -0.15) is 0 Å². The molecule has 20 heavy (non-hydrogen) atoms. The van der Waals surface area contributed by atoms with E-state index in [9.17, 15) is 0 Å². The SMILES string of the molecule is Brc1cc(-c2cccc3ccncc23)nc(C2CC2)n1. The standard InChI is InChI=1S/C16H12BrN3/c17-15-8-14(19-16(20-15)11-4-5-11)12-3-1-2-10-6-7-18-9-13(10)12/h1-3,6-9,11H,4-5H2. The highest BCUT2D eigenvalue weighted by molar-refractivity contribution is 9.10. The first-order chi connectivity index (χ1) is 9.81. The fourth-order valence-corrected chi connectivity index (χ4v) is 2.83. The van der Waals surface area contributed by atoms with Crippen LogP contribution in [-0.4, -0.2) is 15.0 Å². The molecule has 2 heterocycles. The maximum atomic E-state index is 4.75. The van der Waals surface area contributed by atoms with E-state index in [0.29, 0.717) is 5.92 Å². The molecule has 1 saturated carbocycles. The highest BCUT2D eigenvalue weighted by Crippen LogP contribution is 2.39. The maximum Gasteiger partial charge on any atom is 0.133 e. The third-order valence-corrected chi connectivity index (χ3v) is 4.02. The summed E-state index contributed by atoms with van der Waals surface area (Å²) in [6.45, 7) is 0. The topological polar surface area (TPSA) is 38.7 Å². The van der Waals surface area contributed by atoms with Crippen molar-refractivity contribution in [2.24, 2.45) is 0 Å². The van der Waals surface area contributed by atoms with Gasteiger partial charge in [0.2, 0.25) is 0 Å². The highest BCUT2D eigenvalue weighted by Gasteiger charge is 2.27. The molecule has 1 aromatic carbocycles. The molecule has 4 heteroatoms. The van der Waals surface area contributed by atoms with Crippen LogP contribution in [0.15, 0.2) is 47.3 Å². The lowest BCUT2D eigenvalue weighted by Gasteiger charge is -2.07. The zero-order chi connectivity index (χ0) is 13.5. The molecular formula is C16H12BrN3. The number of halogens is 1. The molecule has 0 aliphatic heterocycles. The Labute approximate surface area is 125 Å². The van der Waals surface area contributed by atoms with E-state index in [1.165, 1.54) is 18.2 Å². The summed E-state index contributed by atoms with van der Waals surface area (Å²) in [7, 11) is 0. The van der Waals surface area contributed by atoms with Gasteiger partial charge < -0.3 is 0 Å². The smallest absolute Gasteiger partial charge is 0.133 e. The second-order valence-electron chi connectivity index (χ2n) is 5.11. The van der Waals surface area contributed by atoms with Crippen molar-refractivity contribution in [2.45, 2.75) is 18.8 Å². The lowest BCUT2D eigenvalue weighted by atomic mass is 10.0. The number of nitrogens with zero attached hydrogens (tertiary/aromatic N) is 3. The first kappa shape index (κ1) is 12.0. The normalized spacial score (nSPS) is 14.7. The fraction of sp³-hybridized carbons (Fsp3) is 0.188. The molecule has 0 spiro atoms. The molecule has 0 amide bonds. The van der Waals surface area contributed by atoms with Gasteiger partial charge in [0.05, 0.1) is 5.69 Å². The van der Waals surface area contributed by atoms with Crippen molar-refractivity contribution in [3.05, 3.63) is 53.2 Å². The summed E-state index contributed by atoms with van der Waals surface area (Å²) in [6.07, 6.45) is 6.12. The molecule has 1 fully saturated rings. The minimum absolute atomic E-state index is 0.541. The third kappa shape index (κ3) is 2.10. The summed E-state index contributed by atoms with van der Waals surface area (Å²) in [5.41, 5.74) is 2.08. The summed E-state index contributed by atoms with van der Waals surface area (Å²) in [5.74, 6) is 1.50. The molecule has 4 rings (SSSR count). The van der Waals surface area contributed by atoms with E-state index < -0.39 is 0 Å². The minimum Gasteiger partial charge on any atom is -0.264 e. The number of fused-ring (bicyclic) bond motifs is 1. The molecule has 1 aliphatic rings. The Morgan fingerprint density at radius 1 is 1.10 bits per heavy atom. The van der Waals surface area contributed by atoms with E-state index in [4.69, 9.17) is 4.98 Å². The monoisotopic (exact) mass is 325 g/mol. The summed E-state index contributed by atoms with van der Waals surface area (Å²) in [6, 6.07) is 10.3. The van der Waals surface area contributed by atoms with Crippen molar-refractivity contribution in [1.82, 2.24) is 15.0 Å². The van der Waals surface area contributed by atoms with Crippen LogP contribution >= 0.6 is 15.9 Å². The predicted octanol–water partition coefficient (Wildman–Crippen LogP) is 4.33. The fourth-order valence-electron chi connectivity index (χ4n) is 2.43. The predicted molar refractivity (Wildman–Crippen MR) is 82.4 cm³/mol.